The van der Waals surface area contributed by atoms with Crippen LogP contribution < -0.4 is 4.74 Å². The number of pyridine rings is 1. The van der Waals surface area contributed by atoms with Gasteiger partial charge in [0.1, 0.15) is 5.75 Å². The molecule has 1 aromatic carbocycles. The molecule has 2 aromatic heterocycles. The van der Waals surface area contributed by atoms with Gasteiger partial charge in [0.25, 0.3) is 0 Å². The minimum atomic E-state index is 0.785. The number of ether oxygens (including phenoxy) is 1. The number of aromatic nitrogens is 2. The SMILES string of the molecule is COc1ccc(Br)c(Cn2ccc3ncccc32)c1. The van der Waals surface area contributed by atoms with Crippen molar-refractivity contribution in [3.8, 4) is 5.75 Å². The van der Waals surface area contributed by atoms with Crippen LogP contribution in [0, 0.1) is 0 Å². The van der Waals surface area contributed by atoms with Gasteiger partial charge in [-0.1, -0.05) is 15.9 Å². The zero-order chi connectivity index (χ0) is 13.2. The molecule has 3 aromatic rings. The van der Waals surface area contributed by atoms with E-state index in [9.17, 15) is 0 Å². The Bertz CT molecular complexity index is 721. The third-order valence-corrected chi connectivity index (χ3v) is 3.91. The van der Waals surface area contributed by atoms with E-state index in [1.807, 2.05) is 36.5 Å². The molecule has 4 heteroatoms. The van der Waals surface area contributed by atoms with Crippen LogP contribution in [0.3, 0.4) is 0 Å². The molecule has 3 rings (SSSR count). The first-order valence-corrected chi connectivity index (χ1v) is 6.79. The molecule has 0 aliphatic heterocycles. The van der Waals surface area contributed by atoms with Gasteiger partial charge in [-0.15, -0.1) is 0 Å². The molecule has 0 saturated carbocycles. The molecule has 0 saturated heterocycles. The summed E-state index contributed by atoms with van der Waals surface area (Å²) in [6.07, 6.45) is 3.87. The fourth-order valence-electron chi connectivity index (χ4n) is 2.14. The zero-order valence-electron chi connectivity index (χ0n) is 10.5. The quantitative estimate of drug-likeness (QED) is 0.733. The summed E-state index contributed by atoms with van der Waals surface area (Å²) in [7, 11) is 1.68. The number of benzene rings is 1. The van der Waals surface area contributed by atoms with Crippen LogP contribution in [0.5, 0.6) is 5.75 Å². The summed E-state index contributed by atoms with van der Waals surface area (Å²) in [5, 5.41) is 0. The third-order valence-electron chi connectivity index (χ3n) is 3.13. The molecule has 96 valence electrons. The van der Waals surface area contributed by atoms with E-state index in [2.05, 4.69) is 37.7 Å². The minimum absolute atomic E-state index is 0.785. The molecule has 0 aliphatic rings. The normalized spacial score (nSPS) is 10.8. The van der Waals surface area contributed by atoms with E-state index in [0.29, 0.717) is 0 Å². The second-order valence-corrected chi connectivity index (χ2v) is 5.16. The molecule has 0 aliphatic carbocycles. The van der Waals surface area contributed by atoms with Gasteiger partial charge in [0.15, 0.2) is 0 Å². The van der Waals surface area contributed by atoms with Crippen LogP contribution in [0.1, 0.15) is 5.56 Å². The molecular formula is C15H13BrN2O. The van der Waals surface area contributed by atoms with Crippen LogP contribution in [0.2, 0.25) is 0 Å². The van der Waals surface area contributed by atoms with Gasteiger partial charge in [-0.2, -0.15) is 0 Å². The van der Waals surface area contributed by atoms with Gasteiger partial charge in [0.05, 0.1) is 18.1 Å². The number of nitrogens with zero attached hydrogens (tertiary/aromatic N) is 2. The van der Waals surface area contributed by atoms with Crippen LogP contribution in [0.15, 0.2) is 53.3 Å². The van der Waals surface area contributed by atoms with Crippen LogP contribution in [-0.4, -0.2) is 16.7 Å². The Labute approximate surface area is 120 Å². The predicted molar refractivity (Wildman–Crippen MR) is 79.5 cm³/mol. The highest BCUT2D eigenvalue weighted by atomic mass is 79.9. The average molecular weight is 317 g/mol. The Hall–Kier alpha value is -1.81. The Morgan fingerprint density at radius 1 is 1.26 bits per heavy atom. The van der Waals surface area contributed by atoms with E-state index < -0.39 is 0 Å². The van der Waals surface area contributed by atoms with Crippen LogP contribution >= 0.6 is 15.9 Å². The largest absolute Gasteiger partial charge is 0.497 e. The lowest BCUT2D eigenvalue weighted by molar-refractivity contribution is 0.414. The summed E-state index contributed by atoms with van der Waals surface area (Å²) in [5.74, 6) is 0.868. The van der Waals surface area contributed by atoms with Crippen LogP contribution in [-0.2, 0) is 6.54 Å². The lowest BCUT2D eigenvalue weighted by Crippen LogP contribution is -1.99. The van der Waals surface area contributed by atoms with Gasteiger partial charge in [-0.3, -0.25) is 4.98 Å². The van der Waals surface area contributed by atoms with E-state index in [0.717, 1.165) is 27.8 Å². The van der Waals surface area contributed by atoms with Crippen molar-refractivity contribution in [1.82, 2.24) is 9.55 Å². The Kier molecular flexibility index (Phi) is 3.25. The van der Waals surface area contributed by atoms with Gasteiger partial charge >= 0.3 is 0 Å². The van der Waals surface area contributed by atoms with Crippen LogP contribution in [0.25, 0.3) is 11.0 Å². The Morgan fingerprint density at radius 2 is 2.16 bits per heavy atom. The summed E-state index contributed by atoms with van der Waals surface area (Å²) in [4.78, 5) is 4.34. The van der Waals surface area contributed by atoms with Crippen molar-refractivity contribution >= 4 is 27.0 Å². The average Bonchev–Trinajstić information content (AvgIpc) is 2.85. The first-order valence-electron chi connectivity index (χ1n) is 6.00. The summed E-state index contributed by atoms with van der Waals surface area (Å²) >= 11 is 3.58. The fourth-order valence-corrected chi connectivity index (χ4v) is 2.51. The summed E-state index contributed by atoms with van der Waals surface area (Å²) in [5.41, 5.74) is 3.33. The number of rotatable bonds is 3. The van der Waals surface area contributed by atoms with Crippen molar-refractivity contribution in [2.24, 2.45) is 0 Å². The monoisotopic (exact) mass is 316 g/mol. The highest BCUT2D eigenvalue weighted by Crippen LogP contribution is 2.24. The van der Waals surface area contributed by atoms with Crippen LogP contribution in [0.4, 0.5) is 0 Å². The molecule has 0 N–H and O–H groups in total. The van der Waals surface area contributed by atoms with Crippen molar-refractivity contribution < 1.29 is 4.74 Å². The fraction of sp³-hybridized carbons (Fsp3) is 0.133. The highest BCUT2D eigenvalue weighted by molar-refractivity contribution is 9.10. The van der Waals surface area contributed by atoms with E-state index in [4.69, 9.17) is 4.74 Å². The maximum absolute atomic E-state index is 5.27. The lowest BCUT2D eigenvalue weighted by Gasteiger charge is -2.09. The number of hydrogen-bond acceptors (Lipinski definition) is 2. The Balaban J connectivity index is 2.01. The van der Waals surface area contributed by atoms with Crippen molar-refractivity contribution in [3.05, 3.63) is 58.8 Å². The molecule has 0 atom stereocenters. The smallest absolute Gasteiger partial charge is 0.119 e. The summed E-state index contributed by atoms with van der Waals surface area (Å²) < 4.78 is 8.54. The predicted octanol–water partition coefficient (Wildman–Crippen LogP) is 3.86. The first kappa shape index (κ1) is 12.2. The first-order chi connectivity index (χ1) is 9.28. The number of hydrogen-bond donors (Lipinski definition) is 0. The molecule has 2 heterocycles. The van der Waals surface area contributed by atoms with Gasteiger partial charge in [-0.25, -0.2) is 0 Å². The van der Waals surface area contributed by atoms with Gasteiger partial charge in [-0.05, 0) is 42.0 Å². The van der Waals surface area contributed by atoms with Gasteiger partial charge in [0, 0.05) is 23.4 Å². The van der Waals surface area contributed by atoms with Crippen molar-refractivity contribution in [2.45, 2.75) is 6.54 Å². The topological polar surface area (TPSA) is 27.1 Å². The lowest BCUT2D eigenvalue weighted by atomic mass is 10.2. The maximum atomic E-state index is 5.27. The van der Waals surface area contributed by atoms with E-state index >= 15 is 0 Å². The summed E-state index contributed by atoms with van der Waals surface area (Å²) in [6.45, 7) is 0.785. The highest BCUT2D eigenvalue weighted by Gasteiger charge is 2.06. The van der Waals surface area contributed by atoms with Crippen molar-refractivity contribution in [3.63, 3.8) is 0 Å². The number of methoxy groups -OCH3 is 1. The Morgan fingerprint density at radius 3 is 3.00 bits per heavy atom. The molecular weight excluding hydrogens is 304 g/mol. The number of halogens is 1. The summed E-state index contributed by atoms with van der Waals surface area (Å²) in [6, 6.07) is 12.1. The van der Waals surface area contributed by atoms with Crippen molar-refractivity contribution in [2.75, 3.05) is 7.11 Å². The van der Waals surface area contributed by atoms with Crippen molar-refractivity contribution in [1.29, 1.82) is 0 Å². The third kappa shape index (κ3) is 2.36. The molecule has 0 radical (unpaired) electrons. The number of fused-ring (bicyclic) bond motifs is 1. The zero-order valence-corrected chi connectivity index (χ0v) is 12.1. The second kappa shape index (κ2) is 5.05. The van der Waals surface area contributed by atoms with E-state index in [1.165, 1.54) is 5.56 Å². The second-order valence-electron chi connectivity index (χ2n) is 4.31. The molecule has 0 fully saturated rings. The molecule has 0 unspecified atom stereocenters. The molecule has 19 heavy (non-hydrogen) atoms. The molecule has 3 nitrogen and oxygen atoms in total. The molecule has 0 spiro atoms. The van der Waals surface area contributed by atoms with E-state index in [1.54, 1.807) is 7.11 Å². The maximum Gasteiger partial charge on any atom is 0.119 e. The van der Waals surface area contributed by atoms with E-state index in [-0.39, 0.29) is 0 Å². The molecule has 0 bridgehead atoms. The minimum Gasteiger partial charge on any atom is -0.497 e. The molecule has 0 amide bonds. The standard InChI is InChI=1S/C15H13BrN2O/c1-19-12-4-5-13(16)11(9-12)10-18-8-6-14-15(18)3-2-7-17-14/h2-9H,10H2,1H3. The van der Waals surface area contributed by atoms with Gasteiger partial charge in [0.2, 0.25) is 0 Å². The van der Waals surface area contributed by atoms with Gasteiger partial charge < -0.3 is 9.30 Å².